The molecule has 0 saturated heterocycles. The summed E-state index contributed by atoms with van der Waals surface area (Å²) in [6.45, 7) is 0. The van der Waals surface area contributed by atoms with Gasteiger partial charge in [0.2, 0.25) is 0 Å². The van der Waals surface area contributed by atoms with Gasteiger partial charge in [-0.2, -0.15) is 0 Å². The molecule has 0 aliphatic heterocycles. The van der Waals surface area contributed by atoms with Gasteiger partial charge in [-0.3, -0.25) is 0 Å². The molecule has 4 heteroatoms. The molecular weight excluding hydrogens is 322 g/mol. The SMILES string of the molecule is [I-].[Na+].[Sc][I]. The first-order chi connectivity index (χ1) is 1.00. The van der Waals surface area contributed by atoms with Gasteiger partial charge in [0.05, 0.1) is 0 Å². The molecule has 0 N–H and O–H groups in total. The van der Waals surface area contributed by atoms with Crippen LogP contribution in [0.3, 0.4) is 0 Å². The summed E-state index contributed by atoms with van der Waals surface area (Å²) in [5, 5.41) is 0. The summed E-state index contributed by atoms with van der Waals surface area (Å²) >= 11 is 3.87. The Morgan fingerprint density at radius 1 is 1.25 bits per heavy atom. The average Bonchev–Trinajstić information content (AvgIpc) is 1.00. The molecule has 0 aromatic carbocycles. The molecule has 4 heavy (non-hydrogen) atoms. The van der Waals surface area contributed by atoms with Crippen molar-refractivity contribution in [1.82, 2.24) is 0 Å². The Morgan fingerprint density at radius 2 is 1.25 bits per heavy atom. The van der Waals surface area contributed by atoms with Gasteiger partial charge in [-0.05, 0) is 0 Å². The molecule has 0 fully saturated rings. The minimum atomic E-state index is 0. The van der Waals surface area contributed by atoms with Crippen LogP contribution in [-0.2, 0) is 20.2 Å². The van der Waals surface area contributed by atoms with Crippen molar-refractivity contribution in [3.05, 3.63) is 0 Å². The molecule has 0 bridgehead atoms. The number of halogens is 2. The van der Waals surface area contributed by atoms with E-state index in [2.05, 4.69) is 18.1 Å². The van der Waals surface area contributed by atoms with Crippen molar-refractivity contribution >= 4 is 18.1 Å². The van der Waals surface area contributed by atoms with Crippen LogP contribution in [0.15, 0.2) is 0 Å². The first kappa shape index (κ1) is 15.7. The molecule has 0 rings (SSSR count). The van der Waals surface area contributed by atoms with Crippen LogP contribution in [0.2, 0.25) is 0 Å². The maximum atomic E-state index is 2.21. The Kier molecular flexibility index (Phi) is 63.5. The van der Waals surface area contributed by atoms with E-state index in [0.717, 1.165) is 0 Å². The third kappa shape index (κ3) is 9.01. The molecule has 0 aromatic rings. The van der Waals surface area contributed by atoms with Crippen molar-refractivity contribution in [3.63, 3.8) is 0 Å². The van der Waals surface area contributed by atoms with Crippen molar-refractivity contribution in [2.45, 2.75) is 0 Å². The Labute approximate surface area is 89.5 Å². The second kappa shape index (κ2) is 16.2. The van der Waals surface area contributed by atoms with E-state index in [1.54, 1.807) is 20.2 Å². The molecule has 0 aromatic heterocycles. The summed E-state index contributed by atoms with van der Waals surface area (Å²) in [6.07, 6.45) is 0. The third-order valence-corrected chi connectivity index (χ3v) is 0. The zero-order valence-electron chi connectivity index (χ0n) is 2.33. The first-order valence-electron chi connectivity index (χ1n) is 0.218. The van der Waals surface area contributed by atoms with Crippen LogP contribution < -0.4 is 53.5 Å². The molecule has 0 spiro atoms. The Balaban J connectivity index is -0.00000000500. The average molecular weight is 322 g/mol. The number of hydrogen-bond donors (Lipinski definition) is 0. The van der Waals surface area contributed by atoms with E-state index in [9.17, 15) is 0 Å². The third-order valence-electron chi connectivity index (χ3n) is 0. The molecule has 0 unspecified atom stereocenters. The molecule has 0 aliphatic rings. The van der Waals surface area contributed by atoms with Gasteiger partial charge in [0.15, 0.2) is 0 Å². The zero-order valence-corrected chi connectivity index (χ0v) is 10.5. The summed E-state index contributed by atoms with van der Waals surface area (Å²) < 4.78 is 0. The molecule has 0 heterocycles. The van der Waals surface area contributed by atoms with Crippen LogP contribution in [0, 0.1) is 0 Å². The molecule has 0 aliphatic carbocycles. The standard InChI is InChI=1S/2HI.Na.Sc/h2*1H;;/q;;2*+1/p-2. The van der Waals surface area contributed by atoms with Gasteiger partial charge in [0.1, 0.15) is 0 Å². The number of rotatable bonds is 0. The fraction of sp³-hybridized carbons (Fsp3) is 0. The van der Waals surface area contributed by atoms with E-state index < -0.39 is 0 Å². The summed E-state index contributed by atoms with van der Waals surface area (Å²) in [7, 11) is 0. The predicted molar refractivity (Wildman–Crippen MR) is 14.0 cm³/mol. The molecule has 0 amide bonds. The van der Waals surface area contributed by atoms with Crippen LogP contribution in [0.1, 0.15) is 0 Å². The van der Waals surface area contributed by atoms with Crippen LogP contribution in [0.5, 0.6) is 0 Å². The van der Waals surface area contributed by atoms with Crippen LogP contribution in [-0.4, -0.2) is 0 Å². The van der Waals surface area contributed by atoms with Gasteiger partial charge in [-0.25, -0.2) is 0 Å². The van der Waals surface area contributed by atoms with Crippen LogP contribution in [0.25, 0.3) is 0 Å². The molecule has 0 radical (unpaired) electrons. The maximum absolute atomic E-state index is 2.21. The molecule has 0 atom stereocenters. The van der Waals surface area contributed by atoms with E-state index in [0.29, 0.717) is 0 Å². The van der Waals surface area contributed by atoms with E-state index in [-0.39, 0.29) is 53.5 Å². The van der Waals surface area contributed by atoms with Crippen molar-refractivity contribution in [3.8, 4) is 0 Å². The van der Waals surface area contributed by atoms with Gasteiger partial charge in [0, 0.05) is 0 Å². The minimum absolute atomic E-state index is 0. The fourth-order valence-corrected chi connectivity index (χ4v) is 0. The van der Waals surface area contributed by atoms with E-state index in [1.807, 2.05) is 0 Å². The Hall–Kier alpha value is 3.33. The number of hydrogen-bond acceptors (Lipinski definition) is 0. The van der Waals surface area contributed by atoms with E-state index in [1.165, 1.54) is 0 Å². The van der Waals surface area contributed by atoms with Crippen molar-refractivity contribution < 1.29 is 73.8 Å². The van der Waals surface area contributed by atoms with Crippen molar-refractivity contribution in [2.24, 2.45) is 0 Å². The zero-order chi connectivity index (χ0) is 2.00. The summed E-state index contributed by atoms with van der Waals surface area (Å²) in [4.78, 5) is 0. The van der Waals surface area contributed by atoms with E-state index >= 15 is 0 Å². The van der Waals surface area contributed by atoms with E-state index in [4.69, 9.17) is 0 Å². The summed E-state index contributed by atoms with van der Waals surface area (Å²) in [5.41, 5.74) is 0. The monoisotopic (exact) mass is 322 g/mol. The second-order valence-electron chi connectivity index (χ2n) is 0. The molecule has 0 saturated carbocycles. The normalized spacial score (nSPS) is 1.00. The Morgan fingerprint density at radius 3 is 1.25 bits per heavy atom. The van der Waals surface area contributed by atoms with Crippen LogP contribution in [0.4, 0.5) is 0 Å². The molecule has 0 nitrogen and oxygen atoms in total. The van der Waals surface area contributed by atoms with Gasteiger partial charge < -0.3 is 24.0 Å². The van der Waals surface area contributed by atoms with Crippen LogP contribution >= 0.6 is 18.1 Å². The fourth-order valence-electron chi connectivity index (χ4n) is 0. The van der Waals surface area contributed by atoms with Gasteiger partial charge in [-0.1, -0.05) is 0 Å². The van der Waals surface area contributed by atoms with Crippen molar-refractivity contribution in [2.75, 3.05) is 0 Å². The summed E-state index contributed by atoms with van der Waals surface area (Å²) in [6, 6.07) is 0. The summed E-state index contributed by atoms with van der Waals surface area (Å²) in [5.74, 6) is 0. The van der Waals surface area contributed by atoms with Gasteiger partial charge >= 0.3 is 67.9 Å². The second-order valence-corrected chi connectivity index (χ2v) is 0. The Bertz CT molecular complexity index is 6.00. The van der Waals surface area contributed by atoms with Gasteiger partial charge in [0.25, 0.3) is 0 Å². The molecular formula is I2NaSc. The quantitative estimate of drug-likeness (QED) is 0.309. The van der Waals surface area contributed by atoms with Crippen molar-refractivity contribution in [1.29, 1.82) is 0 Å². The van der Waals surface area contributed by atoms with Gasteiger partial charge in [-0.15, -0.1) is 0 Å². The predicted octanol–water partition coefficient (Wildman–Crippen LogP) is -5.11. The molecule has 18 valence electrons. The topological polar surface area (TPSA) is 0 Å². The first-order valence-corrected chi connectivity index (χ1v) is 6.04.